The third-order valence-electron chi connectivity index (χ3n) is 3.21. The van der Waals surface area contributed by atoms with Crippen LogP contribution < -0.4 is 11.1 Å². The fourth-order valence-electron chi connectivity index (χ4n) is 2.10. The third-order valence-corrected chi connectivity index (χ3v) is 5.67. The number of ether oxygens (including phenoxy) is 1. The van der Waals surface area contributed by atoms with E-state index in [-0.39, 0.29) is 12.5 Å². The number of unbranched alkanes of at least 4 members (excludes halogenated alkanes) is 3. The van der Waals surface area contributed by atoms with Gasteiger partial charge in [-0.05, 0) is 39.7 Å². The second kappa shape index (κ2) is 15.0. The molecule has 0 aliphatic carbocycles. The summed E-state index contributed by atoms with van der Waals surface area (Å²) < 4.78 is 16.0. The molecular weight excluding hydrogens is 316 g/mol. The Balaban J connectivity index is 3.57. The Kier molecular flexibility index (Phi) is 14.7. The number of hydrogen-bond acceptors (Lipinski definition) is 6. The van der Waals surface area contributed by atoms with Gasteiger partial charge in [-0.3, -0.25) is 4.79 Å². The summed E-state index contributed by atoms with van der Waals surface area (Å²) in [6.07, 6.45) is 4.80. The molecule has 0 aromatic heterocycles. The molecule has 0 saturated heterocycles. The second-order valence-electron chi connectivity index (χ2n) is 5.29. The highest BCUT2D eigenvalue weighted by molar-refractivity contribution is 6.59. The lowest BCUT2D eigenvalue weighted by molar-refractivity contribution is -0.125. The summed E-state index contributed by atoms with van der Waals surface area (Å²) in [4.78, 5) is 21.7. The first-order valence-electron chi connectivity index (χ1n) is 8.62. The predicted molar refractivity (Wildman–Crippen MR) is 92.0 cm³/mol. The number of hydrogen-bond donors (Lipinski definition) is 3. The fourth-order valence-corrected chi connectivity index (χ4v) is 3.97. The molecule has 0 atom stereocenters. The summed E-state index contributed by atoms with van der Waals surface area (Å²) >= 11 is 0. The van der Waals surface area contributed by atoms with Gasteiger partial charge >= 0.3 is 8.80 Å². The zero-order chi connectivity index (χ0) is 17.4. The molecule has 138 valence electrons. The zero-order valence-electron chi connectivity index (χ0n) is 14.6. The SMILES string of the molecule is CCO[Si](O)(CCCOCC(=O)NCCCCCCN)OCC. The van der Waals surface area contributed by atoms with Gasteiger partial charge in [0.2, 0.25) is 5.91 Å². The van der Waals surface area contributed by atoms with E-state index in [1.54, 1.807) is 0 Å². The molecule has 0 spiro atoms. The van der Waals surface area contributed by atoms with Crippen LogP contribution in [0.1, 0.15) is 46.0 Å². The first-order chi connectivity index (χ1) is 11.1. The van der Waals surface area contributed by atoms with Crippen molar-refractivity contribution in [3.63, 3.8) is 0 Å². The van der Waals surface area contributed by atoms with Gasteiger partial charge in [0.1, 0.15) is 6.61 Å². The minimum Gasteiger partial charge on any atom is -0.390 e. The van der Waals surface area contributed by atoms with Crippen LogP contribution in [0.25, 0.3) is 0 Å². The van der Waals surface area contributed by atoms with Gasteiger partial charge in [0.05, 0.1) is 0 Å². The van der Waals surface area contributed by atoms with Crippen molar-refractivity contribution in [1.82, 2.24) is 5.32 Å². The van der Waals surface area contributed by atoms with E-state index >= 15 is 0 Å². The van der Waals surface area contributed by atoms with Gasteiger partial charge < -0.3 is 29.4 Å². The predicted octanol–water partition coefficient (Wildman–Crippen LogP) is 1.03. The van der Waals surface area contributed by atoms with E-state index in [9.17, 15) is 9.59 Å². The topological polar surface area (TPSA) is 103 Å². The molecular formula is C15H34N2O5Si. The van der Waals surface area contributed by atoms with Crippen molar-refractivity contribution in [1.29, 1.82) is 0 Å². The van der Waals surface area contributed by atoms with Crippen molar-refractivity contribution < 1.29 is 23.2 Å². The standard InChI is InChI=1S/C15H34N2O5Si/c1-3-21-23(19,22-4-2)13-9-12-20-14-15(18)17-11-8-6-5-7-10-16/h19H,3-14,16H2,1-2H3,(H,17,18). The van der Waals surface area contributed by atoms with Gasteiger partial charge in [-0.2, -0.15) is 0 Å². The minimum atomic E-state index is -3.05. The van der Waals surface area contributed by atoms with Crippen LogP contribution in [0.3, 0.4) is 0 Å². The molecule has 0 bridgehead atoms. The second-order valence-corrected chi connectivity index (χ2v) is 7.79. The van der Waals surface area contributed by atoms with Gasteiger partial charge in [-0.15, -0.1) is 0 Å². The van der Waals surface area contributed by atoms with E-state index in [4.69, 9.17) is 19.3 Å². The van der Waals surface area contributed by atoms with Gasteiger partial charge in [-0.25, -0.2) is 0 Å². The fraction of sp³-hybridized carbons (Fsp3) is 0.933. The van der Waals surface area contributed by atoms with Crippen LogP contribution in [0.4, 0.5) is 0 Å². The molecule has 8 heteroatoms. The Morgan fingerprint density at radius 3 is 2.35 bits per heavy atom. The van der Waals surface area contributed by atoms with Crippen LogP contribution in [0, 0.1) is 0 Å². The Morgan fingerprint density at radius 1 is 1.09 bits per heavy atom. The van der Waals surface area contributed by atoms with E-state index in [2.05, 4.69) is 5.32 Å². The van der Waals surface area contributed by atoms with Gasteiger partial charge in [0.25, 0.3) is 0 Å². The van der Waals surface area contributed by atoms with Crippen molar-refractivity contribution in [3.05, 3.63) is 0 Å². The lowest BCUT2D eigenvalue weighted by Gasteiger charge is -2.22. The average molecular weight is 351 g/mol. The first-order valence-corrected chi connectivity index (χ1v) is 10.6. The summed E-state index contributed by atoms with van der Waals surface area (Å²) in [5.74, 6) is -0.106. The Bertz CT molecular complexity index is 289. The summed E-state index contributed by atoms with van der Waals surface area (Å²) in [6.45, 7) is 6.36. The van der Waals surface area contributed by atoms with Gasteiger partial charge in [-0.1, -0.05) is 12.8 Å². The summed E-state index contributed by atoms with van der Waals surface area (Å²) in [5.41, 5.74) is 5.42. The molecule has 0 saturated carbocycles. The number of rotatable bonds is 16. The van der Waals surface area contributed by atoms with Gasteiger partial charge in [0.15, 0.2) is 0 Å². The van der Waals surface area contributed by atoms with Crippen molar-refractivity contribution in [2.75, 3.05) is 39.5 Å². The van der Waals surface area contributed by atoms with Crippen molar-refractivity contribution >= 4 is 14.7 Å². The maximum atomic E-state index is 11.6. The highest BCUT2D eigenvalue weighted by Crippen LogP contribution is 2.12. The highest BCUT2D eigenvalue weighted by atomic mass is 28.4. The molecule has 0 aromatic rings. The maximum Gasteiger partial charge on any atom is 0.498 e. The Hall–Kier alpha value is -0.513. The minimum absolute atomic E-state index is 0.0477. The van der Waals surface area contributed by atoms with Crippen molar-refractivity contribution in [2.24, 2.45) is 5.73 Å². The van der Waals surface area contributed by atoms with Gasteiger partial charge in [0, 0.05) is 32.4 Å². The van der Waals surface area contributed by atoms with Crippen LogP contribution in [0.2, 0.25) is 6.04 Å². The zero-order valence-corrected chi connectivity index (χ0v) is 15.6. The molecule has 0 radical (unpaired) electrons. The molecule has 0 rings (SSSR count). The Labute approximate surface area is 141 Å². The van der Waals surface area contributed by atoms with E-state index in [0.717, 1.165) is 32.2 Å². The van der Waals surface area contributed by atoms with E-state index in [1.807, 2.05) is 13.8 Å². The maximum absolute atomic E-state index is 11.6. The van der Waals surface area contributed by atoms with Crippen LogP contribution in [-0.4, -0.2) is 59.0 Å². The molecule has 0 aliphatic rings. The van der Waals surface area contributed by atoms with Crippen LogP contribution in [0.5, 0.6) is 0 Å². The molecule has 0 fully saturated rings. The van der Waals surface area contributed by atoms with E-state index in [0.29, 0.717) is 38.8 Å². The number of carbonyl (C=O) groups excluding carboxylic acids is 1. The molecule has 7 nitrogen and oxygen atoms in total. The molecule has 0 aromatic carbocycles. The number of nitrogens with two attached hydrogens (primary N) is 1. The number of nitrogens with one attached hydrogen (secondary N) is 1. The van der Waals surface area contributed by atoms with Crippen molar-refractivity contribution in [2.45, 2.75) is 52.0 Å². The summed E-state index contributed by atoms with van der Waals surface area (Å²) in [5, 5.41) is 2.82. The summed E-state index contributed by atoms with van der Waals surface area (Å²) in [7, 11) is -3.05. The average Bonchev–Trinajstić information content (AvgIpc) is 2.51. The monoisotopic (exact) mass is 350 g/mol. The van der Waals surface area contributed by atoms with Crippen LogP contribution in [0.15, 0.2) is 0 Å². The number of amides is 1. The van der Waals surface area contributed by atoms with E-state index < -0.39 is 8.80 Å². The van der Waals surface area contributed by atoms with Crippen LogP contribution >= 0.6 is 0 Å². The molecule has 0 heterocycles. The number of carbonyl (C=O) groups is 1. The largest absolute Gasteiger partial charge is 0.498 e. The normalized spacial score (nSPS) is 11.7. The summed E-state index contributed by atoms with van der Waals surface area (Å²) in [6, 6.07) is 0.442. The molecule has 4 N–H and O–H groups in total. The lowest BCUT2D eigenvalue weighted by atomic mass is 10.2. The third kappa shape index (κ3) is 13.6. The highest BCUT2D eigenvalue weighted by Gasteiger charge is 2.35. The lowest BCUT2D eigenvalue weighted by Crippen LogP contribution is -2.42. The molecule has 1 amide bonds. The van der Waals surface area contributed by atoms with Crippen LogP contribution in [-0.2, 0) is 18.4 Å². The first kappa shape index (κ1) is 22.5. The Morgan fingerprint density at radius 2 is 1.74 bits per heavy atom. The smallest absolute Gasteiger partial charge is 0.390 e. The van der Waals surface area contributed by atoms with E-state index in [1.165, 1.54) is 0 Å². The molecule has 0 unspecified atom stereocenters. The molecule has 23 heavy (non-hydrogen) atoms. The quantitative estimate of drug-likeness (QED) is 0.284. The molecule has 0 aliphatic heterocycles. The van der Waals surface area contributed by atoms with Crippen molar-refractivity contribution in [3.8, 4) is 0 Å².